The fourth-order valence-corrected chi connectivity index (χ4v) is 3.67. The average Bonchev–Trinajstić information content (AvgIpc) is 3.37. The zero-order valence-electron chi connectivity index (χ0n) is 14.5. The van der Waals surface area contributed by atoms with Crippen molar-refractivity contribution < 1.29 is 9.53 Å². The van der Waals surface area contributed by atoms with Gasteiger partial charge < -0.3 is 14.2 Å². The predicted molar refractivity (Wildman–Crippen MR) is 92.9 cm³/mol. The molecule has 1 aromatic carbocycles. The molecule has 4 rings (SSSR count). The van der Waals surface area contributed by atoms with Crippen LogP contribution in [-0.2, 0) is 16.1 Å². The van der Waals surface area contributed by atoms with Crippen molar-refractivity contribution in [1.82, 2.24) is 19.7 Å². The Morgan fingerprint density at radius 3 is 2.84 bits per heavy atom. The van der Waals surface area contributed by atoms with E-state index < -0.39 is 0 Å². The molecule has 2 atom stereocenters. The summed E-state index contributed by atoms with van der Waals surface area (Å²) < 4.78 is 7.87. The lowest BCUT2D eigenvalue weighted by atomic mass is 9.92. The van der Waals surface area contributed by atoms with Crippen LogP contribution in [-0.4, -0.2) is 45.3 Å². The topological polar surface area (TPSA) is 60.2 Å². The molecule has 2 fully saturated rings. The van der Waals surface area contributed by atoms with Crippen molar-refractivity contribution in [2.75, 3.05) is 19.7 Å². The molecule has 1 aliphatic heterocycles. The van der Waals surface area contributed by atoms with Gasteiger partial charge in [-0.1, -0.05) is 30.3 Å². The Balaban J connectivity index is 1.53. The maximum Gasteiger partial charge on any atom is 0.230 e. The molecule has 0 spiro atoms. The second-order valence-electron chi connectivity index (χ2n) is 6.84. The van der Waals surface area contributed by atoms with E-state index in [-0.39, 0.29) is 17.9 Å². The second-order valence-corrected chi connectivity index (χ2v) is 6.84. The number of carbonyl (C=O) groups excluding carboxylic acids is 1. The minimum absolute atomic E-state index is 0.0241. The van der Waals surface area contributed by atoms with Gasteiger partial charge in [-0.3, -0.25) is 4.79 Å². The fourth-order valence-electron chi connectivity index (χ4n) is 3.67. The summed E-state index contributed by atoms with van der Waals surface area (Å²) in [5.41, 5.74) is 1.13. The molecule has 1 aliphatic carbocycles. The van der Waals surface area contributed by atoms with Gasteiger partial charge in [0.25, 0.3) is 0 Å². The maximum atomic E-state index is 13.3. The second kappa shape index (κ2) is 6.96. The van der Waals surface area contributed by atoms with E-state index >= 15 is 0 Å². The lowest BCUT2D eigenvalue weighted by Gasteiger charge is -2.35. The fraction of sp³-hybridized carbons (Fsp3) is 0.526. The quantitative estimate of drug-likeness (QED) is 0.838. The predicted octanol–water partition coefficient (Wildman–Crippen LogP) is 2.39. The largest absolute Gasteiger partial charge is 0.366 e. The molecular formula is C19H24N4O2. The summed E-state index contributed by atoms with van der Waals surface area (Å²) in [5.74, 6) is 1.49. The zero-order chi connectivity index (χ0) is 17.2. The Kier molecular flexibility index (Phi) is 4.53. The van der Waals surface area contributed by atoms with E-state index in [0.29, 0.717) is 25.6 Å². The third-order valence-corrected chi connectivity index (χ3v) is 5.17. The van der Waals surface area contributed by atoms with Gasteiger partial charge in [-0.2, -0.15) is 0 Å². The molecule has 2 aromatic rings. The van der Waals surface area contributed by atoms with E-state index in [4.69, 9.17) is 4.74 Å². The number of aryl methyl sites for hydroxylation is 1. The number of morpholine rings is 1. The summed E-state index contributed by atoms with van der Waals surface area (Å²) >= 11 is 0. The molecule has 2 unspecified atom stereocenters. The molecule has 25 heavy (non-hydrogen) atoms. The molecule has 1 amide bonds. The highest BCUT2D eigenvalue weighted by atomic mass is 16.5. The first-order valence-electron chi connectivity index (χ1n) is 9.11. The normalized spacial score (nSPS) is 22.0. The highest BCUT2D eigenvalue weighted by Gasteiger charge is 2.40. The molecule has 1 saturated heterocycles. The lowest BCUT2D eigenvalue weighted by Crippen LogP contribution is -2.45. The zero-order valence-corrected chi connectivity index (χ0v) is 14.5. The SMILES string of the molecule is CCn1cnnc1C1CN(C(=O)C(c2ccccc2)C2CC2)CCO1. The Bertz CT molecular complexity index is 726. The molecule has 0 N–H and O–H groups in total. The highest BCUT2D eigenvalue weighted by Crippen LogP contribution is 2.44. The summed E-state index contributed by atoms with van der Waals surface area (Å²) in [7, 11) is 0. The molecule has 6 heteroatoms. The van der Waals surface area contributed by atoms with Gasteiger partial charge in [-0.25, -0.2) is 0 Å². The van der Waals surface area contributed by atoms with Crippen LogP contribution >= 0.6 is 0 Å². The first-order valence-corrected chi connectivity index (χ1v) is 9.11. The smallest absolute Gasteiger partial charge is 0.230 e. The van der Waals surface area contributed by atoms with E-state index in [9.17, 15) is 4.79 Å². The van der Waals surface area contributed by atoms with Gasteiger partial charge in [0.1, 0.15) is 12.4 Å². The summed E-state index contributed by atoms with van der Waals surface area (Å²) in [6.07, 6.45) is 3.80. The number of ether oxygens (including phenoxy) is 1. The van der Waals surface area contributed by atoms with E-state index in [2.05, 4.69) is 29.3 Å². The van der Waals surface area contributed by atoms with E-state index in [0.717, 1.165) is 30.8 Å². The Labute approximate surface area is 147 Å². The van der Waals surface area contributed by atoms with Gasteiger partial charge >= 0.3 is 0 Å². The van der Waals surface area contributed by atoms with Crippen molar-refractivity contribution in [3.05, 3.63) is 48.0 Å². The number of aromatic nitrogens is 3. The van der Waals surface area contributed by atoms with Crippen molar-refractivity contribution >= 4 is 5.91 Å². The van der Waals surface area contributed by atoms with Gasteiger partial charge in [0, 0.05) is 13.1 Å². The monoisotopic (exact) mass is 340 g/mol. The van der Waals surface area contributed by atoms with Gasteiger partial charge in [-0.15, -0.1) is 10.2 Å². The molecule has 6 nitrogen and oxygen atoms in total. The van der Waals surface area contributed by atoms with Crippen LogP contribution in [0.15, 0.2) is 36.7 Å². The van der Waals surface area contributed by atoms with Crippen LogP contribution in [0.25, 0.3) is 0 Å². The number of carbonyl (C=O) groups is 1. The van der Waals surface area contributed by atoms with Crippen molar-refractivity contribution in [3.63, 3.8) is 0 Å². The van der Waals surface area contributed by atoms with Gasteiger partial charge in [0.15, 0.2) is 5.82 Å². The third kappa shape index (κ3) is 3.31. The summed E-state index contributed by atoms with van der Waals surface area (Å²) in [5, 5.41) is 8.19. The van der Waals surface area contributed by atoms with Crippen LogP contribution in [0.3, 0.4) is 0 Å². The Morgan fingerprint density at radius 2 is 2.12 bits per heavy atom. The molecular weight excluding hydrogens is 316 g/mol. The molecule has 1 aromatic heterocycles. The summed E-state index contributed by atoms with van der Waals surface area (Å²) in [4.78, 5) is 15.2. The minimum Gasteiger partial charge on any atom is -0.366 e. The number of benzene rings is 1. The first kappa shape index (κ1) is 16.3. The summed E-state index contributed by atoms with van der Waals surface area (Å²) in [6, 6.07) is 10.2. The number of rotatable bonds is 5. The van der Waals surface area contributed by atoms with E-state index in [1.54, 1.807) is 6.33 Å². The van der Waals surface area contributed by atoms with Crippen molar-refractivity contribution in [2.24, 2.45) is 5.92 Å². The van der Waals surface area contributed by atoms with Crippen LogP contribution in [0, 0.1) is 5.92 Å². The van der Waals surface area contributed by atoms with Gasteiger partial charge in [-0.05, 0) is 31.2 Å². The number of nitrogens with zero attached hydrogens (tertiary/aromatic N) is 4. The molecule has 1 saturated carbocycles. The molecule has 2 heterocycles. The number of amides is 1. The van der Waals surface area contributed by atoms with Crippen LogP contribution in [0.1, 0.15) is 43.2 Å². The summed E-state index contributed by atoms with van der Waals surface area (Å²) in [6.45, 7) is 4.58. The maximum absolute atomic E-state index is 13.3. The van der Waals surface area contributed by atoms with Crippen LogP contribution in [0.5, 0.6) is 0 Å². The van der Waals surface area contributed by atoms with E-state index in [1.165, 1.54) is 0 Å². The number of hydrogen-bond acceptors (Lipinski definition) is 4. The van der Waals surface area contributed by atoms with Crippen LogP contribution < -0.4 is 0 Å². The standard InChI is InChI=1S/C19H24N4O2/c1-2-22-13-20-21-18(22)16-12-23(10-11-25-16)19(24)17(15-8-9-15)14-6-4-3-5-7-14/h3-7,13,15-17H,2,8-12H2,1H3. The number of hydrogen-bond donors (Lipinski definition) is 0. The van der Waals surface area contributed by atoms with Crippen LogP contribution in [0.2, 0.25) is 0 Å². The lowest BCUT2D eigenvalue weighted by molar-refractivity contribution is -0.141. The Hall–Kier alpha value is -2.21. The van der Waals surface area contributed by atoms with Crippen molar-refractivity contribution in [1.29, 1.82) is 0 Å². The van der Waals surface area contributed by atoms with Crippen molar-refractivity contribution in [2.45, 2.75) is 38.3 Å². The Morgan fingerprint density at radius 1 is 1.32 bits per heavy atom. The molecule has 132 valence electrons. The van der Waals surface area contributed by atoms with Gasteiger partial charge in [0.2, 0.25) is 5.91 Å². The molecule has 0 radical (unpaired) electrons. The van der Waals surface area contributed by atoms with Crippen LogP contribution in [0.4, 0.5) is 0 Å². The average molecular weight is 340 g/mol. The molecule has 0 bridgehead atoms. The highest BCUT2D eigenvalue weighted by molar-refractivity contribution is 5.84. The van der Waals surface area contributed by atoms with E-state index in [1.807, 2.05) is 27.7 Å². The molecule has 2 aliphatic rings. The third-order valence-electron chi connectivity index (χ3n) is 5.17. The van der Waals surface area contributed by atoms with Crippen molar-refractivity contribution in [3.8, 4) is 0 Å². The first-order chi connectivity index (χ1) is 12.3. The minimum atomic E-state index is -0.198. The van der Waals surface area contributed by atoms with Gasteiger partial charge in [0.05, 0.1) is 19.1 Å².